The lowest BCUT2D eigenvalue weighted by Crippen LogP contribution is -2.56. The lowest BCUT2D eigenvalue weighted by atomic mass is 9.67. The molecule has 1 saturated carbocycles. The third kappa shape index (κ3) is 4.33. The minimum absolute atomic E-state index is 0.0134. The molecule has 1 aromatic rings. The Morgan fingerprint density at radius 1 is 1.09 bits per heavy atom. The molecule has 0 bridgehead atoms. The van der Waals surface area contributed by atoms with Crippen LogP contribution in [0.2, 0.25) is 0 Å². The standard InChI is InChI=1S/C20H33NO/c1-5-15-21-18(16-17-9-7-6-8-10-17)20(22-4)13-11-19(2,3)12-14-20/h6-10,18,21H,5,11-16H2,1-4H3. The molecule has 1 N–H and O–H groups in total. The molecule has 0 amide bonds. The molecule has 0 spiro atoms. The van der Waals surface area contributed by atoms with Crippen molar-refractivity contribution in [1.82, 2.24) is 5.32 Å². The summed E-state index contributed by atoms with van der Waals surface area (Å²) in [6.45, 7) is 8.07. The maximum Gasteiger partial charge on any atom is 0.0834 e. The minimum atomic E-state index is -0.0134. The van der Waals surface area contributed by atoms with Crippen LogP contribution in [-0.4, -0.2) is 25.3 Å². The molecule has 22 heavy (non-hydrogen) atoms. The molecular formula is C20H33NO. The predicted molar refractivity (Wildman–Crippen MR) is 94.2 cm³/mol. The van der Waals surface area contributed by atoms with E-state index in [0.29, 0.717) is 11.5 Å². The van der Waals surface area contributed by atoms with Gasteiger partial charge in [0, 0.05) is 13.2 Å². The fourth-order valence-corrected chi connectivity index (χ4v) is 3.66. The Morgan fingerprint density at radius 3 is 2.27 bits per heavy atom. The average molecular weight is 303 g/mol. The molecule has 0 radical (unpaired) electrons. The van der Waals surface area contributed by atoms with Crippen molar-refractivity contribution in [3.63, 3.8) is 0 Å². The normalized spacial score (nSPS) is 21.5. The van der Waals surface area contributed by atoms with Crippen LogP contribution in [0.5, 0.6) is 0 Å². The Bertz CT molecular complexity index is 430. The molecule has 1 aliphatic carbocycles. The van der Waals surface area contributed by atoms with E-state index in [1.807, 2.05) is 7.11 Å². The second-order valence-corrected chi connectivity index (χ2v) is 7.63. The molecule has 0 aliphatic heterocycles. The zero-order chi connectivity index (χ0) is 16.1. The number of rotatable bonds is 7. The first-order valence-electron chi connectivity index (χ1n) is 8.84. The van der Waals surface area contributed by atoms with Crippen LogP contribution in [0.15, 0.2) is 30.3 Å². The highest BCUT2D eigenvalue weighted by molar-refractivity contribution is 5.17. The lowest BCUT2D eigenvalue weighted by molar-refractivity contribution is -0.0860. The zero-order valence-electron chi connectivity index (χ0n) is 14.8. The summed E-state index contributed by atoms with van der Waals surface area (Å²) in [4.78, 5) is 0. The summed E-state index contributed by atoms with van der Waals surface area (Å²) in [5.41, 5.74) is 1.85. The maximum atomic E-state index is 6.14. The summed E-state index contributed by atoms with van der Waals surface area (Å²) < 4.78 is 6.14. The Morgan fingerprint density at radius 2 is 1.73 bits per heavy atom. The highest BCUT2D eigenvalue weighted by Gasteiger charge is 2.43. The van der Waals surface area contributed by atoms with Gasteiger partial charge in [-0.05, 0) is 56.0 Å². The van der Waals surface area contributed by atoms with Crippen molar-refractivity contribution < 1.29 is 4.74 Å². The second-order valence-electron chi connectivity index (χ2n) is 7.63. The van der Waals surface area contributed by atoms with Gasteiger partial charge in [0.05, 0.1) is 5.60 Å². The van der Waals surface area contributed by atoms with Crippen LogP contribution < -0.4 is 5.32 Å². The lowest BCUT2D eigenvalue weighted by Gasteiger charge is -2.47. The zero-order valence-corrected chi connectivity index (χ0v) is 14.8. The smallest absolute Gasteiger partial charge is 0.0834 e. The second kappa shape index (κ2) is 7.61. The van der Waals surface area contributed by atoms with Crippen LogP contribution in [0.4, 0.5) is 0 Å². The van der Waals surface area contributed by atoms with Gasteiger partial charge in [0.2, 0.25) is 0 Å². The van der Waals surface area contributed by atoms with E-state index in [9.17, 15) is 0 Å². The van der Waals surface area contributed by atoms with Crippen LogP contribution in [-0.2, 0) is 11.2 Å². The summed E-state index contributed by atoms with van der Waals surface area (Å²) in [6.07, 6.45) is 7.03. The first kappa shape index (κ1) is 17.5. The molecule has 2 nitrogen and oxygen atoms in total. The van der Waals surface area contributed by atoms with Crippen LogP contribution in [0.25, 0.3) is 0 Å². The first-order valence-corrected chi connectivity index (χ1v) is 8.84. The number of hydrogen-bond acceptors (Lipinski definition) is 2. The fourth-order valence-electron chi connectivity index (χ4n) is 3.66. The molecule has 2 rings (SSSR count). The third-order valence-electron chi connectivity index (χ3n) is 5.41. The summed E-state index contributed by atoms with van der Waals surface area (Å²) in [7, 11) is 1.91. The molecule has 1 fully saturated rings. The van der Waals surface area contributed by atoms with Crippen molar-refractivity contribution in [3.8, 4) is 0 Å². The fraction of sp³-hybridized carbons (Fsp3) is 0.700. The number of methoxy groups -OCH3 is 1. The van der Waals surface area contributed by atoms with Crippen LogP contribution in [0.1, 0.15) is 58.4 Å². The van der Waals surface area contributed by atoms with Crippen molar-refractivity contribution in [3.05, 3.63) is 35.9 Å². The van der Waals surface area contributed by atoms with E-state index in [1.165, 1.54) is 18.4 Å². The molecule has 0 heterocycles. The van der Waals surface area contributed by atoms with E-state index in [1.54, 1.807) is 0 Å². The largest absolute Gasteiger partial charge is 0.377 e. The molecule has 0 aromatic heterocycles. The molecule has 1 atom stereocenters. The molecule has 1 aromatic carbocycles. The monoisotopic (exact) mass is 303 g/mol. The Kier molecular flexibility index (Phi) is 6.05. The van der Waals surface area contributed by atoms with Crippen molar-refractivity contribution in [2.75, 3.05) is 13.7 Å². The maximum absolute atomic E-state index is 6.14. The van der Waals surface area contributed by atoms with Crippen molar-refractivity contribution >= 4 is 0 Å². The number of benzene rings is 1. The van der Waals surface area contributed by atoms with Gasteiger partial charge in [-0.25, -0.2) is 0 Å². The Balaban J connectivity index is 2.15. The van der Waals surface area contributed by atoms with Gasteiger partial charge in [-0.1, -0.05) is 51.1 Å². The molecule has 124 valence electrons. The van der Waals surface area contributed by atoms with E-state index in [-0.39, 0.29) is 5.60 Å². The summed E-state index contributed by atoms with van der Waals surface area (Å²) in [5.74, 6) is 0. The van der Waals surface area contributed by atoms with Gasteiger partial charge >= 0.3 is 0 Å². The predicted octanol–water partition coefficient (Wildman–Crippen LogP) is 4.58. The summed E-state index contributed by atoms with van der Waals surface area (Å²) >= 11 is 0. The molecule has 1 unspecified atom stereocenters. The highest BCUT2D eigenvalue weighted by Crippen LogP contribution is 2.43. The van der Waals surface area contributed by atoms with Crippen molar-refractivity contribution in [1.29, 1.82) is 0 Å². The molecule has 0 saturated heterocycles. The van der Waals surface area contributed by atoms with Gasteiger partial charge < -0.3 is 10.1 Å². The van der Waals surface area contributed by atoms with Crippen LogP contribution >= 0.6 is 0 Å². The Labute approximate surface area is 136 Å². The van der Waals surface area contributed by atoms with Crippen molar-refractivity contribution in [2.24, 2.45) is 5.41 Å². The Hall–Kier alpha value is -0.860. The highest BCUT2D eigenvalue weighted by atomic mass is 16.5. The van der Waals surface area contributed by atoms with Gasteiger partial charge in [0.15, 0.2) is 0 Å². The van der Waals surface area contributed by atoms with Crippen LogP contribution in [0.3, 0.4) is 0 Å². The third-order valence-corrected chi connectivity index (χ3v) is 5.41. The first-order chi connectivity index (χ1) is 10.5. The van der Waals surface area contributed by atoms with E-state index < -0.39 is 0 Å². The number of hydrogen-bond donors (Lipinski definition) is 1. The van der Waals surface area contributed by atoms with E-state index in [4.69, 9.17) is 4.74 Å². The van der Waals surface area contributed by atoms with Gasteiger partial charge in [-0.3, -0.25) is 0 Å². The molecular weight excluding hydrogens is 270 g/mol. The van der Waals surface area contributed by atoms with Crippen molar-refractivity contribution in [2.45, 2.75) is 70.9 Å². The van der Waals surface area contributed by atoms with E-state index >= 15 is 0 Å². The topological polar surface area (TPSA) is 21.3 Å². The minimum Gasteiger partial charge on any atom is -0.377 e. The number of ether oxygens (including phenoxy) is 1. The van der Waals surface area contributed by atoms with E-state index in [2.05, 4.69) is 56.4 Å². The van der Waals surface area contributed by atoms with E-state index in [0.717, 1.165) is 32.2 Å². The SMILES string of the molecule is CCCNC(Cc1ccccc1)C1(OC)CCC(C)(C)CC1. The molecule has 2 heteroatoms. The van der Waals surface area contributed by atoms with Gasteiger partial charge in [0.25, 0.3) is 0 Å². The van der Waals surface area contributed by atoms with Gasteiger partial charge in [-0.2, -0.15) is 0 Å². The quantitative estimate of drug-likeness (QED) is 0.796. The molecule has 1 aliphatic rings. The van der Waals surface area contributed by atoms with Gasteiger partial charge in [-0.15, -0.1) is 0 Å². The number of nitrogens with one attached hydrogen (secondary N) is 1. The van der Waals surface area contributed by atoms with Gasteiger partial charge in [0.1, 0.15) is 0 Å². The van der Waals surface area contributed by atoms with Crippen LogP contribution in [0, 0.1) is 5.41 Å². The summed E-state index contributed by atoms with van der Waals surface area (Å²) in [6, 6.07) is 11.2. The summed E-state index contributed by atoms with van der Waals surface area (Å²) in [5, 5.41) is 3.78. The average Bonchev–Trinajstić information content (AvgIpc) is 2.53.